The molecule has 0 heterocycles. The summed E-state index contributed by atoms with van der Waals surface area (Å²) in [4.78, 5) is 0. The van der Waals surface area contributed by atoms with E-state index in [9.17, 15) is 0 Å². The molecule has 0 unspecified atom stereocenters. The van der Waals surface area contributed by atoms with Crippen LogP contribution < -0.4 is 5.73 Å². The van der Waals surface area contributed by atoms with Gasteiger partial charge in [0.2, 0.25) is 0 Å². The predicted octanol–water partition coefficient (Wildman–Crippen LogP) is 1.38. The van der Waals surface area contributed by atoms with Crippen LogP contribution in [0.3, 0.4) is 0 Å². The van der Waals surface area contributed by atoms with E-state index in [0.717, 1.165) is 5.92 Å². The number of rotatable bonds is 0. The monoisotopic (exact) mass is 113 g/mol. The molecular formula is C7H15N. The molecule has 1 nitrogen and oxygen atoms in total. The first-order chi connectivity index (χ1) is 3.52. The van der Waals surface area contributed by atoms with Gasteiger partial charge in [0, 0.05) is 6.04 Å². The summed E-state index contributed by atoms with van der Waals surface area (Å²) in [6.45, 7) is 6.76. The molecule has 8 heavy (non-hydrogen) atoms. The van der Waals surface area contributed by atoms with Gasteiger partial charge in [-0.3, -0.25) is 0 Å². The molecular weight excluding hydrogens is 98.1 g/mol. The highest BCUT2D eigenvalue weighted by Gasteiger charge is 2.42. The van der Waals surface area contributed by atoms with Gasteiger partial charge < -0.3 is 5.73 Å². The van der Waals surface area contributed by atoms with E-state index in [-0.39, 0.29) is 0 Å². The zero-order chi connectivity index (χ0) is 6.36. The summed E-state index contributed by atoms with van der Waals surface area (Å²) in [6.07, 6.45) is 1.24. The molecule has 0 aromatic heterocycles. The quantitative estimate of drug-likeness (QED) is 0.504. The summed E-state index contributed by atoms with van der Waals surface area (Å²) in [7, 11) is 0. The molecule has 0 aromatic carbocycles. The van der Waals surface area contributed by atoms with E-state index < -0.39 is 0 Å². The van der Waals surface area contributed by atoms with Crippen molar-refractivity contribution < 1.29 is 0 Å². The Morgan fingerprint density at radius 2 is 1.75 bits per heavy atom. The van der Waals surface area contributed by atoms with Crippen molar-refractivity contribution in [1.82, 2.24) is 0 Å². The van der Waals surface area contributed by atoms with Crippen LogP contribution in [0, 0.1) is 11.3 Å². The van der Waals surface area contributed by atoms with Crippen LogP contribution in [0.5, 0.6) is 0 Å². The van der Waals surface area contributed by atoms with E-state index in [1.807, 2.05) is 0 Å². The lowest BCUT2D eigenvalue weighted by Gasteiger charge is -2.16. The molecule has 2 N–H and O–H groups in total. The lowest BCUT2D eigenvalue weighted by atomic mass is 9.90. The Balaban J connectivity index is 2.39. The third-order valence-corrected chi connectivity index (χ3v) is 1.95. The maximum absolute atomic E-state index is 5.65. The minimum absolute atomic E-state index is 0.458. The fraction of sp³-hybridized carbons (Fsp3) is 1.00. The van der Waals surface area contributed by atoms with Crippen molar-refractivity contribution in [2.24, 2.45) is 17.1 Å². The smallest absolute Gasteiger partial charge is 0.00761 e. The average molecular weight is 113 g/mol. The second-order valence-electron chi connectivity index (χ2n) is 3.87. The molecule has 1 saturated carbocycles. The third kappa shape index (κ3) is 1.03. The normalized spacial score (nSPS) is 37.5. The number of hydrogen-bond acceptors (Lipinski definition) is 1. The molecule has 0 amide bonds. The largest absolute Gasteiger partial charge is 0.327 e. The van der Waals surface area contributed by atoms with E-state index in [0.29, 0.717) is 11.5 Å². The van der Waals surface area contributed by atoms with E-state index in [4.69, 9.17) is 5.73 Å². The number of hydrogen-bond donors (Lipinski definition) is 1. The molecule has 1 aliphatic rings. The highest BCUT2D eigenvalue weighted by molar-refractivity contribution is 4.97. The molecule has 48 valence electrons. The molecule has 1 rings (SSSR count). The van der Waals surface area contributed by atoms with Gasteiger partial charge in [0.15, 0.2) is 0 Å². The third-order valence-electron chi connectivity index (χ3n) is 1.95. The minimum Gasteiger partial charge on any atom is -0.327 e. The molecule has 1 fully saturated rings. The second kappa shape index (κ2) is 1.47. The summed E-state index contributed by atoms with van der Waals surface area (Å²) >= 11 is 0. The van der Waals surface area contributed by atoms with E-state index in [2.05, 4.69) is 20.8 Å². The Morgan fingerprint density at radius 3 is 1.75 bits per heavy atom. The zero-order valence-electron chi connectivity index (χ0n) is 5.94. The summed E-state index contributed by atoms with van der Waals surface area (Å²) in [5.41, 5.74) is 6.11. The Hall–Kier alpha value is -0.0400. The Labute approximate surface area is 51.3 Å². The first-order valence-electron chi connectivity index (χ1n) is 3.27. The van der Waals surface area contributed by atoms with Crippen LogP contribution in [0.1, 0.15) is 27.2 Å². The maximum atomic E-state index is 5.65. The fourth-order valence-corrected chi connectivity index (χ4v) is 1.21. The SMILES string of the molecule is CC(C)(C)[C@@H]1C[C@H]1N. The summed E-state index contributed by atoms with van der Waals surface area (Å²) < 4.78 is 0. The van der Waals surface area contributed by atoms with Crippen LogP contribution in [0.15, 0.2) is 0 Å². The topological polar surface area (TPSA) is 26.0 Å². The molecule has 0 saturated heterocycles. The maximum Gasteiger partial charge on any atom is 0.00761 e. The molecule has 0 aromatic rings. The van der Waals surface area contributed by atoms with E-state index in [1.165, 1.54) is 6.42 Å². The van der Waals surface area contributed by atoms with Crippen LogP contribution in [-0.4, -0.2) is 6.04 Å². The van der Waals surface area contributed by atoms with Gasteiger partial charge in [0.25, 0.3) is 0 Å². The van der Waals surface area contributed by atoms with Crippen molar-refractivity contribution >= 4 is 0 Å². The fourth-order valence-electron chi connectivity index (χ4n) is 1.21. The summed E-state index contributed by atoms with van der Waals surface area (Å²) in [5.74, 6) is 0.794. The second-order valence-corrected chi connectivity index (χ2v) is 3.87. The van der Waals surface area contributed by atoms with Gasteiger partial charge in [0.05, 0.1) is 0 Å². The summed E-state index contributed by atoms with van der Waals surface area (Å²) in [5, 5.41) is 0. The zero-order valence-corrected chi connectivity index (χ0v) is 5.94. The molecule has 0 aliphatic heterocycles. The van der Waals surface area contributed by atoms with Gasteiger partial charge in [-0.05, 0) is 17.8 Å². The number of nitrogens with two attached hydrogens (primary N) is 1. The van der Waals surface area contributed by atoms with E-state index in [1.54, 1.807) is 0 Å². The van der Waals surface area contributed by atoms with E-state index >= 15 is 0 Å². The van der Waals surface area contributed by atoms with Crippen molar-refractivity contribution in [3.63, 3.8) is 0 Å². The van der Waals surface area contributed by atoms with Gasteiger partial charge >= 0.3 is 0 Å². The van der Waals surface area contributed by atoms with Crippen LogP contribution >= 0.6 is 0 Å². The highest BCUT2D eigenvalue weighted by Crippen LogP contribution is 2.43. The predicted molar refractivity (Wildman–Crippen MR) is 35.5 cm³/mol. The molecule has 1 heteroatoms. The highest BCUT2D eigenvalue weighted by atomic mass is 14.8. The van der Waals surface area contributed by atoms with Crippen LogP contribution in [0.25, 0.3) is 0 Å². The van der Waals surface area contributed by atoms with Gasteiger partial charge in [-0.1, -0.05) is 20.8 Å². The van der Waals surface area contributed by atoms with Crippen molar-refractivity contribution in [2.45, 2.75) is 33.2 Å². The van der Waals surface area contributed by atoms with Crippen LogP contribution in [0.2, 0.25) is 0 Å². The lowest BCUT2D eigenvalue weighted by Crippen LogP contribution is -2.14. The van der Waals surface area contributed by atoms with Crippen molar-refractivity contribution in [3.8, 4) is 0 Å². The van der Waals surface area contributed by atoms with Gasteiger partial charge in [-0.25, -0.2) is 0 Å². The average Bonchev–Trinajstić information content (AvgIpc) is 2.13. The molecule has 0 bridgehead atoms. The standard InChI is InChI=1S/C7H15N/c1-7(2,3)5-4-6(5)8/h5-6H,4,8H2,1-3H3/t5-,6-/m1/s1. The van der Waals surface area contributed by atoms with Crippen LogP contribution in [-0.2, 0) is 0 Å². The van der Waals surface area contributed by atoms with Gasteiger partial charge in [-0.2, -0.15) is 0 Å². The molecule has 1 aliphatic carbocycles. The molecule has 0 radical (unpaired) electrons. The van der Waals surface area contributed by atoms with Crippen LogP contribution in [0.4, 0.5) is 0 Å². The Kier molecular flexibility index (Phi) is 1.12. The molecule has 2 atom stereocenters. The first kappa shape index (κ1) is 6.09. The first-order valence-corrected chi connectivity index (χ1v) is 3.27. The van der Waals surface area contributed by atoms with Gasteiger partial charge in [0.1, 0.15) is 0 Å². The summed E-state index contributed by atoms with van der Waals surface area (Å²) in [6, 6.07) is 0.509. The van der Waals surface area contributed by atoms with Crippen molar-refractivity contribution in [1.29, 1.82) is 0 Å². The Bertz CT molecular complexity index is 91.1. The molecule has 0 spiro atoms. The van der Waals surface area contributed by atoms with Crippen molar-refractivity contribution in [3.05, 3.63) is 0 Å². The van der Waals surface area contributed by atoms with Crippen molar-refractivity contribution in [2.75, 3.05) is 0 Å². The van der Waals surface area contributed by atoms with Gasteiger partial charge in [-0.15, -0.1) is 0 Å². The lowest BCUT2D eigenvalue weighted by molar-refractivity contribution is 0.343. The minimum atomic E-state index is 0.458. The Morgan fingerprint density at radius 1 is 1.38 bits per heavy atom.